The molecule has 3 heteroatoms. The molecule has 0 saturated heterocycles. The molecule has 0 radical (unpaired) electrons. The topological polar surface area (TPSA) is 12.0 Å². The molecule has 18 heavy (non-hydrogen) atoms. The van der Waals surface area contributed by atoms with E-state index in [2.05, 4.69) is 12.2 Å². The summed E-state index contributed by atoms with van der Waals surface area (Å²) in [5.74, 6) is -0.275. The zero-order valence-corrected chi connectivity index (χ0v) is 10.7. The smallest absolute Gasteiger partial charge is 0.126 e. The van der Waals surface area contributed by atoms with E-state index in [1.807, 2.05) is 0 Å². The highest BCUT2D eigenvalue weighted by Crippen LogP contribution is 2.47. The maximum Gasteiger partial charge on any atom is 0.126 e. The third-order valence-electron chi connectivity index (χ3n) is 4.26. The Bertz CT molecular complexity index is 428. The van der Waals surface area contributed by atoms with Crippen molar-refractivity contribution in [2.24, 2.45) is 5.92 Å². The van der Waals surface area contributed by atoms with Crippen LogP contribution in [-0.4, -0.2) is 12.6 Å². The molecule has 1 N–H and O–H groups in total. The van der Waals surface area contributed by atoms with E-state index in [0.29, 0.717) is 12.0 Å². The Morgan fingerprint density at radius 2 is 1.78 bits per heavy atom. The molecule has 0 spiro atoms. The first-order valence-corrected chi connectivity index (χ1v) is 6.77. The Morgan fingerprint density at radius 3 is 2.28 bits per heavy atom. The third kappa shape index (κ3) is 2.28. The highest BCUT2D eigenvalue weighted by Gasteiger charge is 2.44. The Balaban J connectivity index is 1.83. The highest BCUT2D eigenvalue weighted by atomic mass is 19.1. The molecular formula is C15H19F2N. The predicted octanol–water partition coefficient (Wildman–Crippen LogP) is 3.38. The third-order valence-corrected chi connectivity index (χ3v) is 4.26. The van der Waals surface area contributed by atoms with Gasteiger partial charge in [0, 0.05) is 24.1 Å². The summed E-state index contributed by atoms with van der Waals surface area (Å²) in [5.41, 5.74) is 0.775. The van der Waals surface area contributed by atoms with Gasteiger partial charge < -0.3 is 5.32 Å². The van der Waals surface area contributed by atoms with Crippen LogP contribution >= 0.6 is 0 Å². The largest absolute Gasteiger partial charge is 0.313 e. The summed E-state index contributed by atoms with van der Waals surface area (Å²) in [4.78, 5) is 0. The normalized spacial score (nSPS) is 31.2. The average Bonchev–Trinajstić information content (AvgIpc) is 3.04. The number of benzene rings is 1. The van der Waals surface area contributed by atoms with Gasteiger partial charge in [-0.05, 0) is 49.3 Å². The van der Waals surface area contributed by atoms with Crippen LogP contribution in [0.25, 0.3) is 0 Å². The van der Waals surface area contributed by atoms with E-state index in [1.165, 1.54) is 25.0 Å². The molecule has 1 nitrogen and oxygen atoms in total. The quantitative estimate of drug-likeness (QED) is 0.865. The summed E-state index contributed by atoms with van der Waals surface area (Å²) in [5, 5.41) is 3.51. The summed E-state index contributed by atoms with van der Waals surface area (Å²) < 4.78 is 26.7. The van der Waals surface area contributed by atoms with Gasteiger partial charge in [0.2, 0.25) is 0 Å². The van der Waals surface area contributed by atoms with E-state index in [-0.39, 0.29) is 5.41 Å². The van der Waals surface area contributed by atoms with E-state index >= 15 is 0 Å². The average molecular weight is 251 g/mol. The van der Waals surface area contributed by atoms with Gasteiger partial charge in [-0.3, -0.25) is 0 Å². The zero-order valence-electron chi connectivity index (χ0n) is 10.7. The van der Waals surface area contributed by atoms with Gasteiger partial charge in [0.15, 0.2) is 0 Å². The summed E-state index contributed by atoms with van der Waals surface area (Å²) in [6.45, 7) is 3.05. The lowest BCUT2D eigenvalue weighted by Crippen LogP contribution is -2.48. The highest BCUT2D eigenvalue weighted by molar-refractivity contribution is 5.31. The van der Waals surface area contributed by atoms with Crippen molar-refractivity contribution in [2.45, 2.75) is 44.1 Å². The van der Waals surface area contributed by atoms with Crippen molar-refractivity contribution in [1.29, 1.82) is 0 Å². The molecule has 0 heterocycles. The van der Waals surface area contributed by atoms with Crippen LogP contribution in [0.5, 0.6) is 0 Å². The SMILES string of the molecule is CC1CC(CNC2CC2)(c2cc(F)cc(F)c2)C1. The molecule has 0 bridgehead atoms. The molecule has 2 saturated carbocycles. The Morgan fingerprint density at radius 1 is 1.17 bits per heavy atom. The Kier molecular flexibility index (Phi) is 2.89. The van der Waals surface area contributed by atoms with Crippen LogP contribution in [0.3, 0.4) is 0 Å². The molecular weight excluding hydrogens is 232 g/mol. The molecule has 0 aliphatic heterocycles. The van der Waals surface area contributed by atoms with Crippen molar-refractivity contribution in [2.75, 3.05) is 6.54 Å². The molecule has 0 aromatic heterocycles. The molecule has 1 aromatic rings. The van der Waals surface area contributed by atoms with Crippen LogP contribution in [0.1, 0.15) is 38.2 Å². The van der Waals surface area contributed by atoms with Crippen molar-refractivity contribution in [3.63, 3.8) is 0 Å². The summed E-state index contributed by atoms with van der Waals surface area (Å²) >= 11 is 0. The first kappa shape index (κ1) is 12.1. The number of halogens is 2. The molecule has 3 rings (SSSR count). The number of hydrogen-bond donors (Lipinski definition) is 1. The van der Waals surface area contributed by atoms with Gasteiger partial charge in [-0.15, -0.1) is 0 Å². The molecule has 0 atom stereocenters. The van der Waals surface area contributed by atoms with Gasteiger partial charge in [0.05, 0.1) is 0 Å². The van der Waals surface area contributed by atoms with Crippen molar-refractivity contribution in [3.8, 4) is 0 Å². The second kappa shape index (κ2) is 4.30. The fourth-order valence-electron chi connectivity index (χ4n) is 3.24. The van der Waals surface area contributed by atoms with Gasteiger partial charge >= 0.3 is 0 Å². The minimum atomic E-state index is -0.463. The van der Waals surface area contributed by atoms with Gasteiger partial charge in [0.1, 0.15) is 11.6 Å². The lowest BCUT2D eigenvalue weighted by Gasteiger charge is -2.47. The number of rotatable bonds is 4. The van der Waals surface area contributed by atoms with Crippen LogP contribution in [0.15, 0.2) is 18.2 Å². The van der Waals surface area contributed by atoms with E-state index < -0.39 is 11.6 Å². The Hall–Kier alpha value is -0.960. The van der Waals surface area contributed by atoms with E-state index in [0.717, 1.165) is 31.0 Å². The van der Waals surface area contributed by atoms with Crippen LogP contribution in [0, 0.1) is 17.6 Å². The molecule has 0 unspecified atom stereocenters. The fourth-order valence-corrected chi connectivity index (χ4v) is 3.24. The monoisotopic (exact) mass is 251 g/mol. The molecule has 2 fully saturated rings. The van der Waals surface area contributed by atoms with Crippen molar-refractivity contribution >= 4 is 0 Å². The van der Waals surface area contributed by atoms with E-state index in [4.69, 9.17) is 0 Å². The van der Waals surface area contributed by atoms with Gasteiger partial charge in [-0.2, -0.15) is 0 Å². The molecule has 98 valence electrons. The lowest BCUT2D eigenvalue weighted by atomic mass is 9.59. The van der Waals surface area contributed by atoms with E-state index in [1.54, 1.807) is 0 Å². The van der Waals surface area contributed by atoms with Crippen molar-refractivity contribution in [1.82, 2.24) is 5.32 Å². The van der Waals surface area contributed by atoms with Crippen LogP contribution in [-0.2, 0) is 5.41 Å². The van der Waals surface area contributed by atoms with Gasteiger partial charge in [-0.1, -0.05) is 6.92 Å². The van der Waals surface area contributed by atoms with E-state index in [9.17, 15) is 8.78 Å². The zero-order chi connectivity index (χ0) is 12.8. The molecule has 2 aliphatic carbocycles. The maximum atomic E-state index is 13.4. The Labute approximate surface area is 107 Å². The van der Waals surface area contributed by atoms with Gasteiger partial charge in [0.25, 0.3) is 0 Å². The minimum Gasteiger partial charge on any atom is -0.313 e. The van der Waals surface area contributed by atoms with Gasteiger partial charge in [-0.25, -0.2) is 8.78 Å². The summed E-state index contributed by atoms with van der Waals surface area (Å²) in [6, 6.07) is 4.59. The lowest BCUT2D eigenvalue weighted by molar-refractivity contribution is 0.151. The minimum absolute atomic E-state index is 0.0506. The first-order valence-electron chi connectivity index (χ1n) is 6.77. The second-order valence-electron chi connectivity index (χ2n) is 6.11. The molecule has 2 aliphatic rings. The van der Waals surface area contributed by atoms with Crippen molar-refractivity contribution in [3.05, 3.63) is 35.4 Å². The fraction of sp³-hybridized carbons (Fsp3) is 0.600. The summed E-state index contributed by atoms with van der Waals surface area (Å²) in [7, 11) is 0. The second-order valence-corrected chi connectivity index (χ2v) is 6.11. The molecule has 1 aromatic carbocycles. The predicted molar refractivity (Wildman–Crippen MR) is 67.5 cm³/mol. The van der Waals surface area contributed by atoms with Crippen molar-refractivity contribution < 1.29 is 8.78 Å². The summed E-state index contributed by atoms with van der Waals surface area (Å²) in [6.07, 6.45) is 4.53. The number of nitrogens with one attached hydrogen (secondary N) is 1. The standard InChI is InChI=1S/C15H19F2N/c1-10-7-15(8-10,9-18-14-2-3-14)11-4-12(16)6-13(17)5-11/h4-6,10,14,18H,2-3,7-9H2,1H3. The maximum absolute atomic E-state index is 13.4. The van der Waals surface area contributed by atoms with Crippen LogP contribution in [0.4, 0.5) is 8.78 Å². The first-order chi connectivity index (χ1) is 8.57. The van der Waals surface area contributed by atoms with Crippen LogP contribution in [0.2, 0.25) is 0 Å². The van der Waals surface area contributed by atoms with Crippen LogP contribution < -0.4 is 5.32 Å². The number of hydrogen-bond acceptors (Lipinski definition) is 1. The molecule has 0 amide bonds.